The highest BCUT2D eigenvalue weighted by Gasteiger charge is 1.97. The van der Waals surface area contributed by atoms with Crippen molar-refractivity contribution in [1.29, 1.82) is 5.26 Å². The zero-order valence-electron chi connectivity index (χ0n) is 7.70. The molecule has 0 aromatic carbocycles. The number of nitriles is 1. The molecule has 1 atom stereocenters. The topological polar surface area (TPSA) is 48.7 Å². The minimum Gasteiger partial charge on any atom is -0.302 e. The lowest BCUT2D eigenvalue weighted by molar-refractivity contribution is 0.636. The minimum absolute atomic E-state index is 0.0799. The maximum Gasteiger partial charge on any atom is 0.0924 e. The lowest BCUT2D eigenvalue weighted by atomic mass is 10.2. The van der Waals surface area contributed by atoms with Gasteiger partial charge >= 0.3 is 0 Å². The van der Waals surface area contributed by atoms with Crippen molar-refractivity contribution in [2.45, 2.75) is 19.4 Å². The summed E-state index contributed by atoms with van der Waals surface area (Å²) in [6, 6.07) is 7.89. The van der Waals surface area contributed by atoms with E-state index in [2.05, 4.69) is 16.4 Å². The molecule has 0 aliphatic rings. The van der Waals surface area contributed by atoms with E-state index in [1.54, 1.807) is 6.20 Å². The Hall–Kier alpha value is -1.40. The number of hydrogen-bond acceptors (Lipinski definition) is 3. The number of pyridine rings is 1. The highest BCUT2D eigenvalue weighted by atomic mass is 14.9. The Kier molecular flexibility index (Phi) is 3.94. The standard InChI is InChI=1S/C10H13N3/c1-9(8-11)12-7-5-10-4-2-3-6-13-10/h2-4,6,9,12H,5,7H2,1H3. The Labute approximate surface area is 78.4 Å². The van der Waals surface area contributed by atoms with Crippen molar-refractivity contribution >= 4 is 0 Å². The summed E-state index contributed by atoms with van der Waals surface area (Å²) in [5.41, 5.74) is 1.06. The van der Waals surface area contributed by atoms with Crippen LogP contribution < -0.4 is 5.32 Å². The van der Waals surface area contributed by atoms with E-state index in [1.807, 2.05) is 25.1 Å². The van der Waals surface area contributed by atoms with E-state index < -0.39 is 0 Å². The summed E-state index contributed by atoms with van der Waals surface area (Å²) in [6.07, 6.45) is 2.65. The Morgan fingerprint density at radius 1 is 1.62 bits per heavy atom. The lowest BCUT2D eigenvalue weighted by Crippen LogP contribution is -2.26. The van der Waals surface area contributed by atoms with Gasteiger partial charge < -0.3 is 5.32 Å². The average molecular weight is 175 g/mol. The predicted octanol–water partition coefficient (Wildman–Crippen LogP) is 1.13. The molecule has 1 N–H and O–H groups in total. The van der Waals surface area contributed by atoms with Crippen LogP contribution in [0.1, 0.15) is 12.6 Å². The molecule has 3 heteroatoms. The quantitative estimate of drug-likeness (QED) is 0.746. The number of nitrogens with zero attached hydrogens (tertiary/aromatic N) is 2. The van der Waals surface area contributed by atoms with Crippen molar-refractivity contribution in [2.75, 3.05) is 6.54 Å². The molecule has 68 valence electrons. The Bertz CT molecular complexity index is 276. The van der Waals surface area contributed by atoms with Crippen molar-refractivity contribution < 1.29 is 0 Å². The first-order chi connectivity index (χ1) is 6.33. The fourth-order valence-electron chi connectivity index (χ4n) is 1.01. The van der Waals surface area contributed by atoms with Gasteiger partial charge in [0.05, 0.1) is 12.1 Å². The van der Waals surface area contributed by atoms with Gasteiger partial charge in [0.25, 0.3) is 0 Å². The Morgan fingerprint density at radius 3 is 3.08 bits per heavy atom. The van der Waals surface area contributed by atoms with Crippen molar-refractivity contribution in [2.24, 2.45) is 0 Å². The van der Waals surface area contributed by atoms with Gasteiger partial charge in [0.2, 0.25) is 0 Å². The average Bonchev–Trinajstić information content (AvgIpc) is 2.19. The third-order valence-electron chi connectivity index (χ3n) is 1.75. The van der Waals surface area contributed by atoms with Crippen LogP contribution in [0.3, 0.4) is 0 Å². The third kappa shape index (κ3) is 3.68. The first-order valence-electron chi connectivity index (χ1n) is 4.36. The van der Waals surface area contributed by atoms with Crippen LogP contribution in [0.4, 0.5) is 0 Å². The maximum atomic E-state index is 8.50. The van der Waals surface area contributed by atoms with Crippen LogP contribution in [0.2, 0.25) is 0 Å². The smallest absolute Gasteiger partial charge is 0.0924 e. The third-order valence-corrected chi connectivity index (χ3v) is 1.75. The molecule has 0 aliphatic heterocycles. The van der Waals surface area contributed by atoms with E-state index in [1.165, 1.54) is 0 Å². The van der Waals surface area contributed by atoms with Crippen LogP contribution in [0.5, 0.6) is 0 Å². The summed E-state index contributed by atoms with van der Waals surface area (Å²) in [6.45, 7) is 2.64. The second-order valence-electron chi connectivity index (χ2n) is 2.88. The first-order valence-corrected chi connectivity index (χ1v) is 4.36. The summed E-state index contributed by atoms with van der Waals surface area (Å²) < 4.78 is 0. The van der Waals surface area contributed by atoms with Crippen LogP contribution in [-0.4, -0.2) is 17.6 Å². The molecule has 13 heavy (non-hydrogen) atoms. The van der Waals surface area contributed by atoms with E-state index >= 15 is 0 Å². The second kappa shape index (κ2) is 5.28. The number of aromatic nitrogens is 1. The molecular formula is C10H13N3. The van der Waals surface area contributed by atoms with Gasteiger partial charge in [-0.3, -0.25) is 4.98 Å². The Morgan fingerprint density at radius 2 is 2.46 bits per heavy atom. The molecule has 1 rings (SSSR count). The summed E-state index contributed by atoms with van der Waals surface area (Å²) in [5, 5.41) is 11.6. The molecule has 1 aromatic rings. The van der Waals surface area contributed by atoms with Gasteiger partial charge in [0.1, 0.15) is 0 Å². The molecule has 1 unspecified atom stereocenters. The number of nitrogens with one attached hydrogen (secondary N) is 1. The van der Waals surface area contributed by atoms with Gasteiger partial charge in [-0.1, -0.05) is 6.07 Å². The zero-order chi connectivity index (χ0) is 9.52. The van der Waals surface area contributed by atoms with Gasteiger partial charge in [-0.2, -0.15) is 5.26 Å². The van der Waals surface area contributed by atoms with E-state index in [9.17, 15) is 0 Å². The zero-order valence-corrected chi connectivity index (χ0v) is 7.70. The fourth-order valence-corrected chi connectivity index (χ4v) is 1.01. The maximum absolute atomic E-state index is 8.50. The van der Waals surface area contributed by atoms with Gasteiger partial charge in [-0.25, -0.2) is 0 Å². The summed E-state index contributed by atoms with van der Waals surface area (Å²) >= 11 is 0. The molecule has 0 amide bonds. The summed E-state index contributed by atoms with van der Waals surface area (Å²) in [7, 11) is 0. The molecule has 0 saturated carbocycles. The predicted molar refractivity (Wildman–Crippen MR) is 51.0 cm³/mol. The molecule has 1 heterocycles. The SMILES string of the molecule is CC(C#N)NCCc1ccccn1. The van der Waals surface area contributed by atoms with Crippen LogP contribution in [-0.2, 0) is 6.42 Å². The summed E-state index contributed by atoms with van der Waals surface area (Å²) in [4.78, 5) is 4.18. The summed E-state index contributed by atoms with van der Waals surface area (Å²) in [5.74, 6) is 0. The lowest BCUT2D eigenvalue weighted by Gasteiger charge is -2.04. The molecule has 0 fully saturated rings. The van der Waals surface area contributed by atoms with Crippen LogP contribution in [0, 0.1) is 11.3 Å². The van der Waals surface area contributed by atoms with E-state index in [0.29, 0.717) is 0 Å². The second-order valence-corrected chi connectivity index (χ2v) is 2.88. The van der Waals surface area contributed by atoms with Gasteiger partial charge in [0, 0.05) is 24.9 Å². The van der Waals surface area contributed by atoms with Gasteiger partial charge in [-0.05, 0) is 19.1 Å². The number of hydrogen-bond donors (Lipinski definition) is 1. The highest BCUT2D eigenvalue weighted by molar-refractivity contribution is 5.03. The normalized spacial score (nSPS) is 12.0. The van der Waals surface area contributed by atoms with Crippen molar-refractivity contribution in [1.82, 2.24) is 10.3 Å². The molecule has 0 saturated heterocycles. The van der Waals surface area contributed by atoms with E-state index in [0.717, 1.165) is 18.7 Å². The molecule has 0 radical (unpaired) electrons. The van der Waals surface area contributed by atoms with Crippen molar-refractivity contribution in [3.05, 3.63) is 30.1 Å². The monoisotopic (exact) mass is 175 g/mol. The van der Waals surface area contributed by atoms with Crippen molar-refractivity contribution in [3.63, 3.8) is 0 Å². The molecule has 0 aliphatic carbocycles. The molecule has 0 bridgehead atoms. The Balaban J connectivity index is 2.25. The van der Waals surface area contributed by atoms with E-state index in [4.69, 9.17) is 5.26 Å². The van der Waals surface area contributed by atoms with E-state index in [-0.39, 0.29) is 6.04 Å². The van der Waals surface area contributed by atoms with Crippen LogP contribution >= 0.6 is 0 Å². The molecular weight excluding hydrogens is 162 g/mol. The number of rotatable bonds is 4. The van der Waals surface area contributed by atoms with Gasteiger partial charge in [-0.15, -0.1) is 0 Å². The largest absolute Gasteiger partial charge is 0.302 e. The highest BCUT2D eigenvalue weighted by Crippen LogP contribution is 1.93. The molecule has 3 nitrogen and oxygen atoms in total. The molecule has 1 aromatic heterocycles. The van der Waals surface area contributed by atoms with Gasteiger partial charge in [0.15, 0.2) is 0 Å². The van der Waals surface area contributed by atoms with Crippen LogP contribution in [0.25, 0.3) is 0 Å². The first kappa shape index (κ1) is 9.69. The van der Waals surface area contributed by atoms with Crippen LogP contribution in [0.15, 0.2) is 24.4 Å². The minimum atomic E-state index is -0.0799. The van der Waals surface area contributed by atoms with Crippen molar-refractivity contribution in [3.8, 4) is 6.07 Å². The fraction of sp³-hybridized carbons (Fsp3) is 0.400. The molecule has 0 spiro atoms.